The molecule has 86 valence electrons. The molecule has 2 fully saturated rings. The van der Waals surface area contributed by atoms with Crippen molar-refractivity contribution in [3.05, 3.63) is 0 Å². The fourth-order valence-corrected chi connectivity index (χ4v) is 2.36. The van der Waals surface area contributed by atoms with Gasteiger partial charge in [0.25, 0.3) is 0 Å². The van der Waals surface area contributed by atoms with Gasteiger partial charge in [-0.2, -0.15) is 0 Å². The van der Waals surface area contributed by atoms with Crippen molar-refractivity contribution < 1.29 is 9.90 Å². The molecule has 0 aromatic heterocycles. The summed E-state index contributed by atoms with van der Waals surface area (Å²) in [4.78, 5) is 15.5. The lowest BCUT2D eigenvalue weighted by atomic mass is 10.1. The number of nitrogens with one attached hydrogen (secondary N) is 1. The summed E-state index contributed by atoms with van der Waals surface area (Å²) >= 11 is 0. The summed E-state index contributed by atoms with van der Waals surface area (Å²) < 4.78 is 0. The van der Waals surface area contributed by atoms with Gasteiger partial charge >= 0.3 is 6.03 Å². The number of hydrogen-bond donors (Lipinski definition) is 2. The second-order valence-electron chi connectivity index (χ2n) is 5.08. The van der Waals surface area contributed by atoms with Crippen LogP contribution >= 0.6 is 0 Å². The number of β-amino-alcohol motifs (C(OH)–C–C–N with tert-alkyl or cyclic N) is 1. The van der Waals surface area contributed by atoms with Crippen LogP contribution in [0.15, 0.2) is 0 Å². The molecule has 0 saturated carbocycles. The molecule has 0 radical (unpaired) electrons. The Balaban J connectivity index is 1.91. The van der Waals surface area contributed by atoms with Crippen LogP contribution in [0.5, 0.6) is 0 Å². The zero-order chi connectivity index (χ0) is 11.1. The lowest BCUT2D eigenvalue weighted by Crippen LogP contribution is -2.54. The van der Waals surface area contributed by atoms with Crippen LogP contribution < -0.4 is 5.32 Å². The van der Waals surface area contributed by atoms with Crippen LogP contribution in [0.4, 0.5) is 4.79 Å². The first kappa shape index (κ1) is 10.7. The molecule has 5 nitrogen and oxygen atoms in total. The lowest BCUT2D eigenvalue weighted by molar-refractivity contribution is 0.0154. The Labute approximate surface area is 90.0 Å². The molecule has 2 aliphatic heterocycles. The molecule has 2 N–H and O–H groups in total. The Kier molecular flexibility index (Phi) is 2.60. The monoisotopic (exact) mass is 213 g/mol. The highest BCUT2D eigenvalue weighted by atomic mass is 16.3. The molecule has 5 heteroatoms. The highest BCUT2D eigenvalue weighted by Gasteiger charge is 2.36. The van der Waals surface area contributed by atoms with E-state index in [9.17, 15) is 9.90 Å². The van der Waals surface area contributed by atoms with Crippen LogP contribution in [0.1, 0.15) is 13.8 Å². The van der Waals surface area contributed by atoms with Gasteiger partial charge in [-0.25, -0.2) is 4.79 Å². The summed E-state index contributed by atoms with van der Waals surface area (Å²) in [7, 11) is 0. The van der Waals surface area contributed by atoms with E-state index in [0.717, 1.165) is 26.2 Å². The van der Waals surface area contributed by atoms with Crippen molar-refractivity contribution >= 4 is 6.03 Å². The van der Waals surface area contributed by atoms with Gasteiger partial charge in [0.05, 0.1) is 11.6 Å². The van der Waals surface area contributed by atoms with Gasteiger partial charge < -0.3 is 15.3 Å². The van der Waals surface area contributed by atoms with Gasteiger partial charge in [0.1, 0.15) is 0 Å². The molecule has 0 aromatic rings. The Morgan fingerprint density at radius 3 is 2.93 bits per heavy atom. The minimum Gasteiger partial charge on any atom is -0.389 e. The van der Waals surface area contributed by atoms with Gasteiger partial charge in [-0.3, -0.25) is 4.90 Å². The standard InChI is InChI=1S/C10H19N3O2/c1-10(2,15)7-12-3-4-13-8(6-12)5-11-9(13)14/h8,15H,3-7H2,1-2H3,(H,11,14). The molecule has 1 atom stereocenters. The third-order valence-electron chi connectivity index (χ3n) is 2.93. The predicted molar refractivity (Wildman–Crippen MR) is 56.6 cm³/mol. The van der Waals surface area contributed by atoms with Gasteiger partial charge in [0, 0.05) is 32.7 Å². The number of piperazine rings is 1. The molecule has 0 aromatic carbocycles. The van der Waals surface area contributed by atoms with E-state index in [1.165, 1.54) is 0 Å². The minimum absolute atomic E-state index is 0.0582. The number of aliphatic hydroxyl groups is 1. The van der Waals surface area contributed by atoms with Gasteiger partial charge in [0.2, 0.25) is 0 Å². The highest BCUT2D eigenvalue weighted by Crippen LogP contribution is 2.16. The van der Waals surface area contributed by atoms with Gasteiger partial charge in [-0.15, -0.1) is 0 Å². The number of nitrogens with zero attached hydrogens (tertiary/aromatic N) is 2. The van der Waals surface area contributed by atoms with E-state index in [-0.39, 0.29) is 12.1 Å². The fraction of sp³-hybridized carbons (Fsp3) is 0.900. The number of carbonyl (C=O) groups excluding carboxylic acids is 1. The van der Waals surface area contributed by atoms with Gasteiger partial charge in [-0.1, -0.05) is 0 Å². The van der Waals surface area contributed by atoms with E-state index < -0.39 is 5.60 Å². The van der Waals surface area contributed by atoms with Crippen LogP contribution in [0.2, 0.25) is 0 Å². The van der Waals surface area contributed by atoms with Crippen molar-refractivity contribution in [1.29, 1.82) is 0 Å². The van der Waals surface area contributed by atoms with E-state index in [0.29, 0.717) is 6.54 Å². The van der Waals surface area contributed by atoms with Gasteiger partial charge in [-0.05, 0) is 13.8 Å². The third-order valence-corrected chi connectivity index (χ3v) is 2.93. The fourth-order valence-electron chi connectivity index (χ4n) is 2.36. The number of amides is 2. The third kappa shape index (κ3) is 2.41. The maximum atomic E-state index is 11.3. The zero-order valence-corrected chi connectivity index (χ0v) is 9.36. The quantitative estimate of drug-likeness (QED) is 0.648. The van der Waals surface area contributed by atoms with Crippen LogP contribution in [-0.4, -0.2) is 65.3 Å². The SMILES string of the molecule is CC(C)(O)CN1CCN2C(=O)NCC2C1. The van der Waals surface area contributed by atoms with E-state index in [1.54, 1.807) is 0 Å². The molecule has 15 heavy (non-hydrogen) atoms. The van der Waals surface area contributed by atoms with Crippen LogP contribution in [0.3, 0.4) is 0 Å². The van der Waals surface area contributed by atoms with Crippen molar-refractivity contribution in [2.45, 2.75) is 25.5 Å². The summed E-state index contributed by atoms with van der Waals surface area (Å²) in [6, 6.07) is 0.344. The van der Waals surface area contributed by atoms with E-state index in [2.05, 4.69) is 10.2 Å². The second-order valence-corrected chi connectivity index (χ2v) is 5.08. The average molecular weight is 213 g/mol. The van der Waals surface area contributed by atoms with Crippen LogP contribution in [0, 0.1) is 0 Å². The number of urea groups is 1. The summed E-state index contributed by atoms with van der Waals surface area (Å²) in [6.45, 7) is 7.53. The summed E-state index contributed by atoms with van der Waals surface area (Å²) in [5.74, 6) is 0. The molecule has 0 bridgehead atoms. The first-order chi connectivity index (χ1) is 6.96. The molecule has 2 heterocycles. The van der Waals surface area contributed by atoms with E-state index in [1.807, 2.05) is 18.7 Å². The molecule has 2 rings (SSSR count). The van der Waals surface area contributed by atoms with Crippen molar-refractivity contribution in [2.75, 3.05) is 32.7 Å². The topological polar surface area (TPSA) is 55.8 Å². The average Bonchev–Trinajstić information content (AvgIpc) is 2.45. The minimum atomic E-state index is -0.655. The zero-order valence-electron chi connectivity index (χ0n) is 9.36. The summed E-state index contributed by atoms with van der Waals surface area (Å²) in [5, 5.41) is 12.6. The number of carbonyl (C=O) groups is 1. The Hall–Kier alpha value is -0.810. The molecule has 0 spiro atoms. The number of rotatable bonds is 2. The van der Waals surface area contributed by atoms with Crippen molar-refractivity contribution in [1.82, 2.24) is 15.1 Å². The molecular formula is C10H19N3O2. The first-order valence-electron chi connectivity index (χ1n) is 5.45. The number of hydrogen-bond acceptors (Lipinski definition) is 3. The molecule has 0 aliphatic carbocycles. The molecule has 2 aliphatic rings. The van der Waals surface area contributed by atoms with E-state index in [4.69, 9.17) is 0 Å². The first-order valence-corrected chi connectivity index (χ1v) is 5.45. The smallest absolute Gasteiger partial charge is 0.317 e. The Morgan fingerprint density at radius 2 is 2.27 bits per heavy atom. The number of fused-ring (bicyclic) bond motifs is 1. The van der Waals surface area contributed by atoms with Crippen molar-refractivity contribution in [3.8, 4) is 0 Å². The Morgan fingerprint density at radius 1 is 1.53 bits per heavy atom. The van der Waals surface area contributed by atoms with E-state index >= 15 is 0 Å². The van der Waals surface area contributed by atoms with Crippen LogP contribution in [-0.2, 0) is 0 Å². The van der Waals surface area contributed by atoms with Crippen molar-refractivity contribution in [2.24, 2.45) is 0 Å². The summed E-state index contributed by atoms with van der Waals surface area (Å²) in [5.41, 5.74) is -0.655. The maximum absolute atomic E-state index is 11.3. The predicted octanol–water partition coefficient (Wildman–Crippen LogP) is -0.533. The normalized spacial score (nSPS) is 27.8. The van der Waals surface area contributed by atoms with Gasteiger partial charge in [0.15, 0.2) is 0 Å². The molecule has 2 amide bonds. The summed E-state index contributed by atoms with van der Waals surface area (Å²) in [6.07, 6.45) is 0. The van der Waals surface area contributed by atoms with Crippen molar-refractivity contribution in [3.63, 3.8) is 0 Å². The Bertz CT molecular complexity index is 262. The maximum Gasteiger partial charge on any atom is 0.317 e. The molecule has 1 unspecified atom stereocenters. The second kappa shape index (κ2) is 3.64. The lowest BCUT2D eigenvalue weighted by Gasteiger charge is -2.38. The molecular weight excluding hydrogens is 194 g/mol. The highest BCUT2D eigenvalue weighted by molar-refractivity contribution is 5.77. The largest absolute Gasteiger partial charge is 0.389 e. The molecule has 2 saturated heterocycles. The van der Waals surface area contributed by atoms with Crippen LogP contribution in [0.25, 0.3) is 0 Å².